The molecule has 1 aromatic carbocycles. The minimum atomic E-state index is -0.918. The number of nitrogens with zero attached hydrogens (tertiary/aromatic N) is 1. The second-order valence-corrected chi connectivity index (χ2v) is 5.76. The zero-order valence-corrected chi connectivity index (χ0v) is 12.5. The van der Waals surface area contributed by atoms with E-state index in [0.717, 1.165) is 0 Å². The maximum Gasteiger partial charge on any atom is 0.304 e. The van der Waals surface area contributed by atoms with E-state index in [1.165, 1.54) is 12.1 Å². The van der Waals surface area contributed by atoms with Crippen LogP contribution in [-0.4, -0.2) is 40.5 Å². The first kappa shape index (κ1) is 17.1. The standard InChI is InChI=1S/C15H21FN2O3/c1-15(2,3)18(9-8-14(20)21)10-13(19)17-12-7-5-4-6-11(12)16/h4-7H,8-10H2,1-3H3,(H,17,19)(H,20,21). The Morgan fingerprint density at radius 1 is 1.29 bits per heavy atom. The summed E-state index contributed by atoms with van der Waals surface area (Å²) in [6.45, 7) is 5.94. The molecule has 0 atom stereocenters. The van der Waals surface area contributed by atoms with Gasteiger partial charge in [0, 0.05) is 12.1 Å². The van der Waals surface area contributed by atoms with Gasteiger partial charge in [-0.3, -0.25) is 14.5 Å². The molecule has 1 rings (SSSR count). The number of benzene rings is 1. The molecule has 0 aliphatic heterocycles. The first-order valence-corrected chi connectivity index (χ1v) is 6.71. The summed E-state index contributed by atoms with van der Waals surface area (Å²) in [5.74, 6) is -1.79. The third-order valence-corrected chi connectivity index (χ3v) is 3.03. The molecule has 2 N–H and O–H groups in total. The second-order valence-electron chi connectivity index (χ2n) is 5.76. The van der Waals surface area contributed by atoms with Crippen LogP contribution in [0.4, 0.5) is 10.1 Å². The molecule has 1 aromatic rings. The summed E-state index contributed by atoms with van der Waals surface area (Å²) < 4.78 is 13.5. The van der Waals surface area contributed by atoms with Gasteiger partial charge in [-0.05, 0) is 32.9 Å². The Kier molecular flexibility index (Phi) is 5.84. The highest BCUT2D eigenvalue weighted by atomic mass is 19.1. The van der Waals surface area contributed by atoms with Crippen molar-refractivity contribution in [3.63, 3.8) is 0 Å². The molecule has 0 bridgehead atoms. The zero-order valence-electron chi connectivity index (χ0n) is 12.5. The summed E-state index contributed by atoms with van der Waals surface area (Å²) in [5.41, 5.74) is -0.239. The molecule has 0 heterocycles. The first-order chi connectivity index (χ1) is 9.70. The summed E-state index contributed by atoms with van der Waals surface area (Å²) in [7, 11) is 0. The van der Waals surface area contributed by atoms with Gasteiger partial charge in [0.1, 0.15) is 5.82 Å². The third-order valence-electron chi connectivity index (χ3n) is 3.03. The topological polar surface area (TPSA) is 69.6 Å². The van der Waals surface area contributed by atoms with E-state index in [2.05, 4.69) is 5.32 Å². The number of aliphatic carboxylic acids is 1. The van der Waals surface area contributed by atoms with Crippen LogP contribution in [0.5, 0.6) is 0 Å². The van der Waals surface area contributed by atoms with Crippen LogP contribution in [0.25, 0.3) is 0 Å². The van der Waals surface area contributed by atoms with E-state index in [-0.39, 0.29) is 36.6 Å². The van der Waals surface area contributed by atoms with E-state index < -0.39 is 11.8 Å². The number of carboxylic acids is 1. The minimum absolute atomic E-state index is 0.00507. The van der Waals surface area contributed by atoms with Crippen LogP contribution in [0.3, 0.4) is 0 Å². The van der Waals surface area contributed by atoms with Crippen molar-refractivity contribution >= 4 is 17.6 Å². The maximum absolute atomic E-state index is 13.5. The van der Waals surface area contributed by atoms with Gasteiger partial charge in [-0.25, -0.2) is 4.39 Å². The van der Waals surface area contributed by atoms with Crippen molar-refractivity contribution in [1.29, 1.82) is 0 Å². The van der Waals surface area contributed by atoms with E-state index >= 15 is 0 Å². The lowest BCUT2D eigenvalue weighted by atomic mass is 10.1. The molecule has 0 aliphatic carbocycles. The number of carbonyl (C=O) groups is 2. The molecule has 0 fully saturated rings. The number of carbonyl (C=O) groups excluding carboxylic acids is 1. The lowest BCUT2D eigenvalue weighted by Crippen LogP contribution is -2.46. The predicted molar refractivity (Wildman–Crippen MR) is 78.6 cm³/mol. The number of anilines is 1. The SMILES string of the molecule is CC(C)(C)N(CCC(=O)O)CC(=O)Nc1ccccc1F. The quantitative estimate of drug-likeness (QED) is 0.845. The molecule has 21 heavy (non-hydrogen) atoms. The van der Waals surface area contributed by atoms with Gasteiger partial charge in [0.2, 0.25) is 5.91 Å². The highest BCUT2D eigenvalue weighted by Gasteiger charge is 2.24. The third kappa shape index (κ3) is 5.91. The van der Waals surface area contributed by atoms with E-state index in [1.54, 1.807) is 17.0 Å². The van der Waals surface area contributed by atoms with Gasteiger partial charge >= 0.3 is 5.97 Å². The molecule has 0 spiro atoms. The number of para-hydroxylation sites is 1. The highest BCUT2D eigenvalue weighted by Crippen LogP contribution is 2.15. The van der Waals surface area contributed by atoms with Gasteiger partial charge < -0.3 is 10.4 Å². The van der Waals surface area contributed by atoms with Crippen molar-refractivity contribution in [2.24, 2.45) is 0 Å². The van der Waals surface area contributed by atoms with Gasteiger partial charge in [0.15, 0.2) is 0 Å². The maximum atomic E-state index is 13.5. The number of hydrogen-bond donors (Lipinski definition) is 2. The summed E-state index contributed by atoms with van der Waals surface area (Å²) in [6, 6.07) is 5.91. The predicted octanol–water partition coefficient (Wildman–Crippen LogP) is 2.34. The van der Waals surface area contributed by atoms with Gasteiger partial charge in [-0.15, -0.1) is 0 Å². The number of rotatable bonds is 6. The summed E-state index contributed by atoms with van der Waals surface area (Å²) in [6.07, 6.45) is -0.0513. The number of halogens is 1. The monoisotopic (exact) mass is 296 g/mol. The lowest BCUT2D eigenvalue weighted by molar-refractivity contribution is -0.138. The summed E-state index contributed by atoms with van der Waals surface area (Å²) >= 11 is 0. The fourth-order valence-corrected chi connectivity index (χ4v) is 1.81. The molecule has 0 saturated heterocycles. The Bertz CT molecular complexity index is 512. The highest BCUT2D eigenvalue weighted by molar-refractivity contribution is 5.92. The molecule has 0 unspecified atom stereocenters. The van der Waals surface area contributed by atoms with Crippen molar-refractivity contribution in [2.45, 2.75) is 32.7 Å². The molecule has 6 heteroatoms. The normalized spacial score (nSPS) is 11.5. The average molecular weight is 296 g/mol. The smallest absolute Gasteiger partial charge is 0.304 e. The average Bonchev–Trinajstić information content (AvgIpc) is 2.35. The number of nitrogens with one attached hydrogen (secondary N) is 1. The molecule has 5 nitrogen and oxygen atoms in total. The Labute approximate surface area is 123 Å². The molecule has 1 amide bonds. The van der Waals surface area contributed by atoms with Crippen molar-refractivity contribution in [2.75, 3.05) is 18.4 Å². The van der Waals surface area contributed by atoms with Crippen molar-refractivity contribution in [1.82, 2.24) is 4.90 Å². The largest absolute Gasteiger partial charge is 0.481 e. The minimum Gasteiger partial charge on any atom is -0.481 e. The van der Waals surface area contributed by atoms with Crippen LogP contribution in [-0.2, 0) is 9.59 Å². The van der Waals surface area contributed by atoms with Crippen molar-refractivity contribution in [3.8, 4) is 0 Å². The molecule has 0 aliphatic rings. The fraction of sp³-hybridized carbons (Fsp3) is 0.467. The van der Waals surface area contributed by atoms with Crippen LogP contribution in [0.1, 0.15) is 27.2 Å². The molecule has 0 aromatic heterocycles. The Morgan fingerprint density at radius 3 is 2.43 bits per heavy atom. The van der Waals surface area contributed by atoms with E-state index in [0.29, 0.717) is 0 Å². The van der Waals surface area contributed by atoms with Gasteiger partial charge in [-0.2, -0.15) is 0 Å². The first-order valence-electron chi connectivity index (χ1n) is 6.71. The van der Waals surface area contributed by atoms with Crippen LogP contribution in [0.2, 0.25) is 0 Å². The van der Waals surface area contributed by atoms with Crippen LogP contribution in [0.15, 0.2) is 24.3 Å². The Morgan fingerprint density at radius 2 is 1.90 bits per heavy atom. The number of amides is 1. The van der Waals surface area contributed by atoms with Gasteiger partial charge in [0.25, 0.3) is 0 Å². The number of carboxylic acid groups (broad SMARTS) is 1. The van der Waals surface area contributed by atoms with Gasteiger partial charge in [-0.1, -0.05) is 12.1 Å². The zero-order chi connectivity index (χ0) is 16.0. The molecular weight excluding hydrogens is 275 g/mol. The molecular formula is C15H21FN2O3. The molecule has 116 valence electrons. The summed E-state index contributed by atoms with van der Waals surface area (Å²) in [5, 5.41) is 11.3. The molecule has 0 saturated carbocycles. The molecule has 0 radical (unpaired) electrons. The van der Waals surface area contributed by atoms with Crippen LogP contribution >= 0.6 is 0 Å². The second kappa shape index (κ2) is 7.17. The Balaban J connectivity index is 2.68. The lowest BCUT2D eigenvalue weighted by Gasteiger charge is -2.34. The van der Waals surface area contributed by atoms with Crippen LogP contribution in [0, 0.1) is 5.82 Å². The van der Waals surface area contributed by atoms with Crippen molar-refractivity contribution < 1.29 is 19.1 Å². The van der Waals surface area contributed by atoms with Gasteiger partial charge in [0.05, 0.1) is 18.7 Å². The van der Waals surface area contributed by atoms with E-state index in [1.807, 2.05) is 20.8 Å². The van der Waals surface area contributed by atoms with E-state index in [9.17, 15) is 14.0 Å². The van der Waals surface area contributed by atoms with Crippen molar-refractivity contribution in [3.05, 3.63) is 30.1 Å². The van der Waals surface area contributed by atoms with Crippen LogP contribution < -0.4 is 5.32 Å². The van der Waals surface area contributed by atoms with E-state index in [4.69, 9.17) is 5.11 Å². The Hall–Kier alpha value is -1.95. The summed E-state index contributed by atoms with van der Waals surface area (Å²) in [4.78, 5) is 24.4. The number of hydrogen-bond acceptors (Lipinski definition) is 3. The fourth-order valence-electron chi connectivity index (χ4n) is 1.81.